The fourth-order valence-electron chi connectivity index (χ4n) is 1.78. The molecule has 3 heteroatoms. The first-order valence-electron chi connectivity index (χ1n) is 5.75. The van der Waals surface area contributed by atoms with Gasteiger partial charge in [-0.3, -0.25) is 0 Å². The van der Waals surface area contributed by atoms with Crippen LogP contribution in [-0.2, 0) is 6.54 Å². The Morgan fingerprint density at radius 3 is 2.65 bits per heavy atom. The van der Waals surface area contributed by atoms with Gasteiger partial charge in [-0.25, -0.2) is 0 Å². The first kappa shape index (κ1) is 12.1. The molecule has 90 valence electrons. The van der Waals surface area contributed by atoms with Gasteiger partial charge in [0, 0.05) is 22.5 Å². The largest absolute Gasteiger partial charge is 0.490 e. The van der Waals surface area contributed by atoms with Gasteiger partial charge in [0.15, 0.2) is 0 Å². The number of rotatable bonds is 4. The molecule has 0 radical (unpaired) electrons. The van der Waals surface area contributed by atoms with Gasteiger partial charge in [-0.1, -0.05) is 18.2 Å². The summed E-state index contributed by atoms with van der Waals surface area (Å²) in [6.07, 6.45) is 0.177. The predicted octanol–water partition coefficient (Wildman–Crippen LogP) is 3.66. The van der Waals surface area contributed by atoms with Crippen LogP contribution in [0, 0.1) is 0 Å². The number of ether oxygens (including phenoxy) is 1. The van der Waals surface area contributed by atoms with Crippen molar-refractivity contribution in [1.29, 1.82) is 0 Å². The van der Waals surface area contributed by atoms with E-state index in [9.17, 15) is 0 Å². The first-order valence-corrected chi connectivity index (χ1v) is 6.63. The van der Waals surface area contributed by atoms with E-state index < -0.39 is 0 Å². The third-order valence-corrected chi connectivity index (χ3v) is 3.41. The van der Waals surface area contributed by atoms with Gasteiger partial charge in [0.25, 0.3) is 0 Å². The topological polar surface area (TPSA) is 35.2 Å². The molecule has 0 bridgehead atoms. The maximum Gasteiger partial charge on any atom is 0.127 e. The van der Waals surface area contributed by atoms with Crippen molar-refractivity contribution in [2.75, 3.05) is 0 Å². The van der Waals surface area contributed by atoms with E-state index in [1.54, 1.807) is 11.3 Å². The van der Waals surface area contributed by atoms with E-state index in [0.29, 0.717) is 6.54 Å². The van der Waals surface area contributed by atoms with Crippen LogP contribution in [0.5, 0.6) is 5.75 Å². The fourth-order valence-corrected chi connectivity index (χ4v) is 2.55. The minimum Gasteiger partial charge on any atom is -0.490 e. The zero-order chi connectivity index (χ0) is 12.3. The Morgan fingerprint density at radius 1 is 1.18 bits per heavy atom. The highest BCUT2D eigenvalue weighted by Gasteiger charge is 2.11. The van der Waals surface area contributed by atoms with Crippen LogP contribution in [0.4, 0.5) is 0 Å². The van der Waals surface area contributed by atoms with Crippen LogP contribution < -0.4 is 10.5 Å². The Bertz CT molecular complexity index is 490. The van der Waals surface area contributed by atoms with Crippen molar-refractivity contribution < 1.29 is 4.74 Å². The molecule has 0 saturated carbocycles. The highest BCUT2D eigenvalue weighted by molar-refractivity contribution is 7.10. The molecule has 0 fully saturated rings. The molecule has 1 heterocycles. The lowest BCUT2D eigenvalue weighted by molar-refractivity contribution is 0.243. The molecule has 2 rings (SSSR count). The van der Waals surface area contributed by atoms with E-state index in [-0.39, 0.29) is 6.10 Å². The Morgan fingerprint density at radius 2 is 1.94 bits per heavy atom. The van der Waals surface area contributed by atoms with E-state index in [0.717, 1.165) is 11.3 Å². The SMILES string of the molecule is CC(C)Oc1ccccc1-c1ccsc1CN. The second-order valence-corrected chi connectivity index (χ2v) is 5.13. The van der Waals surface area contributed by atoms with Crippen molar-refractivity contribution in [3.05, 3.63) is 40.6 Å². The maximum atomic E-state index is 5.83. The van der Waals surface area contributed by atoms with Crippen LogP contribution in [0.1, 0.15) is 18.7 Å². The number of thiophene rings is 1. The Kier molecular flexibility index (Phi) is 3.82. The molecular formula is C14H17NOS. The van der Waals surface area contributed by atoms with Crippen molar-refractivity contribution >= 4 is 11.3 Å². The number of benzene rings is 1. The molecule has 0 aliphatic rings. The third-order valence-electron chi connectivity index (χ3n) is 2.47. The molecule has 2 aromatic rings. The molecule has 0 atom stereocenters. The van der Waals surface area contributed by atoms with Crippen molar-refractivity contribution in [2.45, 2.75) is 26.5 Å². The second kappa shape index (κ2) is 5.34. The number of nitrogens with two attached hydrogens (primary N) is 1. The number of hydrogen-bond acceptors (Lipinski definition) is 3. The Labute approximate surface area is 106 Å². The number of hydrogen-bond donors (Lipinski definition) is 1. The summed E-state index contributed by atoms with van der Waals surface area (Å²) >= 11 is 1.69. The molecule has 0 spiro atoms. The lowest BCUT2D eigenvalue weighted by atomic mass is 10.1. The van der Waals surface area contributed by atoms with Crippen LogP contribution in [0.2, 0.25) is 0 Å². The van der Waals surface area contributed by atoms with E-state index >= 15 is 0 Å². The summed E-state index contributed by atoms with van der Waals surface area (Å²) in [7, 11) is 0. The van der Waals surface area contributed by atoms with Gasteiger partial charge in [-0.05, 0) is 31.4 Å². The fraction of sp³-hybridized carbons (Fsp3) is 0.286. The third kappa shape index (κ3) is 2.68. The monoisotopic (exact) mass is 247 g/mol. The van der Waals surface area contributed by atoms with Crippen molar-refractivity contribution in [3.63, 3.8) is 0 Å². The smallest absolute Gasteiger partial charge is 0.127 e. The van der Waals surface area contributed by atoms with Crippen molar-refractivity contribution in [1.82, 2.24) is 0 Å². The summed E-state index contributed by atoms with van der Waals surface area (Å²) in [5, 5.41) is 2.07. The average Bonchev–Trinajstić information content (AvgIpc) is 2.77. The molecule has 2 N–H and O–H groups in total. The molecular weight excluding hydrogens is 230 g/mol. The van der Waals surface area contributed by atoms with Crippen LogP contribution >= 0.6 is 11.3 Å². The van der Waals surface area contributed by atoms with Gasteiger partial charge < -0.3 is 10.5 Å². The van der Waals surface area contributed by atoms with Crippen LogP contribution in [0.25, 0.3) is 11.1 Å². The minimum absolute atomic E-state index is 0.177. The van der Waals surface area contributed by atoms with E-state index in [2.05, 4.69) is 17.5 Å². The van der Waals surface area contributed by atoms with Gasteiger partial charge >= 0.3 is 0 Å². The summed E-state index contributed by atoms with van der Waals surface area (Å²) < 4.78 is 5.83. The normalized spacial score (nSPS) is 10.8. The minimum atomic E-state index is 0.177. The van der Waals surface area contributed by atoms with Crippen molar-refractivity contribution in [3.8, 4) is 16.9 Å². The molecule has 0 aliphatic carbocycles. The van der Waals surface area contributed by atoms with Crippen LogP contribution in [-0.4, -0.2) is 6.10 Å². The first-order chi connectivity index (χ1) is 8.22. The van der Waals surface area contributed by atoms with Gasteiger partial charge in [-0.2, -0.15) is 0 Å². The summed E-state index contributed by atoms with van der Waals surface area (Å²) in [6, 6.07) is 10.2. The number of para-hydroxylation sites is 1. The Balaban J connectivity index is 2.44. The maximum absolute atomic E-state index is 5.83. The highest BCUT2D eigenvalue weighted by atomic mass is 32.1. The zero-order valence-corrected chi connectivity index (χ0v) is 11.0. The van der Waals surface area contributed by atoms with Gasteiger partial charge in [0.1, 0.15) is 5.75 Å². The highest BCUT2D eigenvalue weighted by Crippen LogP contribution is 2.35. The van der Waals surface area contributed by atoms with Crippen LogP contribution in [0.3, 0.4) is 0 Å². The molecule has 1 aromatic heterocycles. The van der Waals surface area contributed by atoms with Crippen molar-refractivity contribution in [2.24, 2.45) is 5.73 Å². The Hall–Kier alpha value is -1.32. The molecule has 0 aliphatic heterocycles. The van der Waals surface area contributed by atoms with E-state index in [1.807, 2.05) is 32.0 Å². The lowest BCUT2D eigenvalue weighted by Gasteiger charge is -2.14. The standard InChI is InChI=1S/C14H17NOS/c1-10(2)16-13-6-4-3-5-11(13)12-7-8-17-14(12)9-15/h3-8,10H,9,15H2,1-2H3. The summed E-state index contributed by atoms with van der Waals surface area (Å²) in [5.41, 5.74) is 8.07. The average molecular weight is 247 g/mol. The molecule has 0 unspecified atom stereocenters. The summed E-state index contributed by atoms with van der Waals surface area (Å²) in [6.45, 7) is 4.64. The summed E-state index contributed by atoms with van der Waals surface area (Å²) in [5.74, 6) is 0.926. The van der Waals surface area contributed by atoms with Gasteiger partial charge in [0.05, 0.1) is 6.10 Å². The van der Waals surface area contributed by atoms with Gasteiger partial charge in [0.2, 0.25) is 0 Å². The van der Waals surface area contributed by atoms with Gasteiger partial charge in [-0.15, -0.1) is 11.3 Å². The van der Waals surface area contributed by atoms with E-state index in [4.69, 9.17) is 10.5 Å². The molecule has 2 nitrogen and oxygen atoms in total. The van der Waals surface area contributed by atoms with E-state index in [1.165, 1.54) is 10.4 Å². The second-order valence-electron chi connectivity index (χ2n) is 4.12. The quantitative estimate of drug-likeness (QED) is 0.894. The zero-order valence-electron chi connectivity index (χ0n) is 10.1. The molecule has 1 aromatic carbocycles. The molecule has 17 heavy (non-hydrogen) atoms. The predicted molar refractivity (Wildman–Crippen MR) is 73.4 cm³/mol. The van der Waals surface area contributed by atoms with Crippen LogP contribution in [0.15, 0.2) is 35.7 Å². The lowest BCUT2D eigenvalue weighted by Crippen LogP contribution is -2.06. The molecule has 0 amide bonds. The summed E-state index contributed by atoms with van der Waals surface area (Å²) in [4.78, 5) is 1.20. The molecule has 0 saturated heterocycles.